The summed E-state index contributed by atoms with van der Waals surface area (Å²) in [6.45, 7) is 0. The van der Waals surface area contributed by atoms with E-state index in [1.54, 1.807) is 0 Å². The third-order valence-electron chi connectivity index (χ3n) is 3.58. The van der Waals surface area contributed by atoms with Crippen LogP contribution in [-0.4, -0.2) is 11.4 Å². The van der Waals surface area contributed by atoms with E-state index in [1.807, 2.05) is 12.1 Å². The molecule has 3 N–H and O–H groups in total. The van der Waals surface area contributed by atoms with E-state index in [-0.39, 0.29) is 11.4 Å². The van der Waals surface area contributed by atoms with Crippen molar-refractivity contribution in [2.45, 2.75) is 37.6 Å². The molecule has 1 fully saturated rings. The van der Waals surface area contributed by atoms with Crippen molar-refractivity contribution < 1.29 is 4.79 Å². The first-order chi connectivity index (χ1) is 7.66. The van der Waals surface area contributed by atoms with Crippen LogP contribution >= 0.6 is 0 Å². The number of anilines is 1. The van der Waals surface area contributed by atoms with Crippen molar-refractivity contribution in [3.63, 3.8) is 0 Å². The van der Waals surface area contributed by atoms with Crippen molar-refractivity contribution in [1.82, 2.24) is 0 Å². The summed E-state index contributed by atoms with van der Waals surface area (Å²) in [6.07, 6.45) is 4.66. The van der Waals surface area contributed by atoms with Gasteiger partial charge in [-0.05, 0) is 42.9 Å². The lowest BCUT2D eigenvalue weighted by atomic mass is 9.93. The second kappa shape index (κ2) is 3.32. The second-order valence-electron chi connectivity index (χ2n) is 5.03. The Labute approximate surface area is 95.0 Å². The van der Waals surface area contributed by atoms with E-state index in [0.29, 0.717) is 6.42 Å². The van der Waals surface area contributed by atoms with Crippen molar-refractivity contribution in [2.75, 3.05) is 5.32 Å². The molecule has 0 aromatic heterocycles. The maximum absolute atomic E-state index is 11.3. The molecule has 0 radical (unpaired) electrons. The highest BCUT2D eigenvalue weighted by Gasteiger charge is 2.38. The highest BCUT2D eigenvalue weighted by atomic mass is 16.1. The van der Waals surface area contributed by atoms with Crippen LogP contribution in [0.2, 0.25) is 0 Å². The molecule has 1 amide bonds. The predicted molar refractivity (Wildman–Crippen MR) is 63.2 cm³/mol. The maximum Gasteiger partial charge on any atom is 0.224 e. The minimum Gasteiger partial charge on any atom is -0.326 e. The van der Waals surface area contributed by atoms with Gasteiger partial charge in [-0.25, -0.2) is 0 Å². The monoisotopic (exact) mass is 216 g/mol. The Morgan fingerprint density at radius 2 is 2.12 bits per heavy atom. The first-order valence-corrected chi connectivity index (χ1v) is 5.86. The fourth-order valence-corrected chi connectivity index (χ4v) is 2.38. The van der Waals surface area contributed by atoms with E-state index in [1.165, 1.54) is 11.1 Å². The number of rotatable bonds is 2. The fourth-order valence-electron chi connectivity index (χ4n) is 2.38. The topological polar surface area (TPSA) is 55.1 Å². The van der Waals surface area contributed by atoms with Gasteiger partial charge >= 0.3 is 0 Å². The summed E-state index contributed by atoms with van der Waals surface area (Å²) >= 11 is 0. The van der Waals surface area contributed by atoms with E-state index in [4.69, 9.17) is 5.73 Å². The number of carbonyl (C=O) groups is 1. The van der Waals surface area contributed by atoms with Gasteiger partial charge in [0.15, 0.2) is 0 Å². The van der Waals surface area contributed by atoms with Gasteiger partial charge in [-0.2, -0.15) is 0 Å². The molecule has 3 rings (SSSR count). The maximum atomic E-state index is 11.3. The molecule has 0 unspecified atom stereocenters. The summed E-state index contributed by atoms with van der Waals surface area (Å²) in [5, 5.41) is 2.93. The van der Waals surface area contributed by atoms with Crippen LogP contribution in [0.5, 0.6) is 0 Å². The van der Waals surface area contributed by atoms with Crippen LogP contribution in [0.25, 0.3) is 0 Å². The predicted octanol–water partition coefficient (Wildman–Crippen LogP) is 1.61. The van der Waals surface area contributed by atoms with Crippen molar-refractivity contribution >= 4 is 11.6 Å². The molecule has 84 valence electrons. The van der Waals surface area contributed by atoms with E-state index >= 15 is 0 Å². The molecule has 16 heavy (non-hydrogen) atoms. The standard InChI is InChI=1S/C13H16N2O/c14-13(6-7-13)8-9-2-1-3-11-10(9)4-5-12(16)15-11/h1-3H,4-8,14H2,(H,15,16). The Hall–Kier alpha value is -1.35. The van der Waals surface area contributed by atoms with Gasteiger partial charge in [-0.1, -0.05) is 12.1 Å². The highest BCUT2D eigenvalue weighted by Crippen LogP contribution is 2.38. The number of amides is 1. The molecular formula is C13H16N2O. The lowest BCUT2D eigenvalue weighted by Crippen LogP contribution is -2.26. The van der Waals surface area contributed by atoms with Gasteiger partial charge < -0.3 is 11.1 Å². The van der Waals surface area contributed by atoms with Crippen molar-refractivity contribution in [2.24, 2.45) is 5.73 Å². The Bertz CT molecular complexity index is 449. The number of nitrogens with two attached hydrogens (primary N) is 1. The quantitative estimate of drug-likeness (QED) is 0.789. The van der Waals surface area contributed by atoms with Crippen LogP contribution in [0.3, 0.4) is 0 Å². The molecule has 0 atom stereocenters. The molecule has 0 saturated heterocycles. The Kier molecular flexibility index (Phi) is 2.04. The first kappa shape index (κ1) is 9.85. The van der Waals surface area contributed by atoms with Crippen LogP contribution in [-0.2, 0) is 17.6 Å². The number of fused-ring (bicyclic) bond motifs is 1. The van der Waals surface area contributed by atoms with Crippen molar-refractivity contribution in [1.29, 1.82) is 0 Å². The minimum absolute atomic E-state index is 0.0383. The number of benzene rings is 1. The smallest absolute Gasteiger partial charge is 0.224 e. The molecule has 1 saturated carbocycles. The van der Waals surface area contributed by atoms with E-state index in [9.17, 15) is 4.79 Å². The summed E-state index contributed by atoms with van der Waals surface area (Å²) in [4.78, 5) is 11.3. The zero-order valence-electron chi connectivity index (χ0n) is 9.25. The summed E-state index contributed by atoms with van der Waals surface area (Å²) in [7, 11) is 0. The molecule has 3 heteroatoms. The van der Waals surface area contributed by atoms with Crippen LogP contribution in [0.1, 0.15) is 30.4 Å². The molecule has 1 heterocycles. The minimum atomic E-state index is 0.0383. The molecule has 0 bridgehead atoms. The normalized spacial score (nSPS) is 21.2. The number of hydrogen-bond donors (Lipinski definition) is 2. The van der Waals surface area contributed by atoms with E-state index < -0.39 is 0 Å². The van der Waals surface area contributed by atoms with Gasteiger partial charge in [0.2, 0.25) is 5.91 Å². The SMILES string of the molecule is NC1(Cc2cccc3c2CCC(=O)N3)CC1. The van der Waals surface area contributed by atoms with Gasteiger partial charge in [-0.3, -0.25) is 4.79 Å². The Balaban J connectivity index is 1.93. The van der Waals surface area contributed by atoms with Gasteiger partial charge in [-0.15, -0.1) is 0 Å². The molecule has 1 aromatic rings. The second-order valence-corrected chi connectivity index (χ2v) is 5.03. The first-order valence-electron chi connectivity index (χ1n) is 5.86. The van der Waals surface area contributed by atoms with Crippen LogP contribution < -0.4 is 11.1 Å². The highest BCUT2D eigenvalue weighted by molar-refractivity contribution is 5.94. The number of nitrogens with one attached hydrogen (secondary N) is 1. The zero-order valence-corrected chi connectivity index (χ0v) is 9.25. The molecule has 1 aliphatic carbocycles. The summed E-state index contributed by atoms with van der Waals surface area (Å²) < 4.78 is 0. The Morgan fingerprint density at radius 3 is 2.88 bits per heavy atom. The molecule has 3 nitrogen and oxygen atoms in total. The van der Waals surface area contributed by atoms with Gasteiger partial charge in [0.05, 0.1) is 0 Å². The molecule has 1 aliphatic heterocycles. The summed E-state index contributed by atoms with van der Waals surface area (Å²) in [6, 6.07) is 6.13. The largest absolute Gasteiger partial charge is 0.326 e. The average molecular weight is 216 g/mol. The molecule has 0 spiro atoms. The lowest BCUT2D eigenvalue weighted by molar-refractivity contribution is -0.116. The van der Waals surface area contributed by atoms with E-state index in [2.05, 4.69) is 11.4 Å². The Morgan fingerprint density at radius 1 is 1.31 bits per heavy atom. The average Bonchev–Trinajstić information content (AvgIpc) is 2.96. The number of hydrogen-bond acceptors (Lipinski definition) is 2. The molecule has 1 aromatic carbocycles. The van der Waals surface area contributed by atoms with Crippen molar-refractivity contribution in [3.05, 3.63) is 29.3 Å². The molecular weight excluding hydrogens is 200 g/mol. The fraction of sp³-hybridized carbons (Fsp3) is 0.462. The lowest BCUT2D eigenvalue weighted by Gasteiger charge is -2.21. The van der Waals surface area contributed by atoms with Gasteiger partial charge in [0.25, 0.3) is 0 Å². The zero-order chi connectivity index (χ0) is 11.2. The summed E-state index contributed by atoms with van der Waals surface area (Å²) in [5.74, 6) is 0.124. The van der Waals surface area contributed by atoms with Crippen molar-refractivity contribution in [3.8, 4) is 0 Å². The summed E-state index contributed by atoms with van der Waals surface area (Å²) in [5.41, 5.74) is 9.78. The number of carbonyl (C=O) groups excluding carboxylic acids is 1. The van der Waals surface area contributed by atoms with Crippen LogP contribution in [0.15, 0.2) is 18.2 Å². The third-order valence-corrected chi connectivity index (χ3v) is 3.58. The van der Waals surface area contributed by atoms with E-state index in [0.717, 1.165) is 31.4 Å². The third kappa shape index (κ3) is 1.71. The van der Waals surface area contributed by atoms with Crippen LogP contribution in [0.4, 0.5) is 5.69 Å². The van der Waals surface area contributed by atoms with Gasteiger partial charge in [0.1, 0.15) is 0 Å². The molecule has 2 aliphatic rings. The van der Waals surface area contributed by atoms with Gasteiger partial charge in [0, 0.05) is 17.6 Å². The van der Waals surface area contributed by atoms with Crippen LogP contribution in [0, 0.1) is 0 Å².